The number of benzene rings is 3. The van der Waals surface area contributed by atoms with Gasteiger partial charge in [-0.25, -0.2) is 0 Å². The van der Waals surface area contributed by atoms with Gasteiger partial charge in [0.2, 0.25) is 0 Å². The molecule has 0 spiro atoms. The molecule has 198 valence electrons. The Bertz CT molecular complexity index is 1300. The van der Waals surface area contributed by atoms with Crippen molar-refractivity contribution in [2.75, 3.05) is 10.6 Å². The molecule has 2 atom stereocenters. The molecule has 2 aliphatic rings. The topological polar surface area (TPSA) is 102 Å². The molecule has 2 unspecified atom stereocenters. The minimum Gasteiger partial charge on any atom is -0.398 e. The van der Waals surface area contributed by atoms with Crippen LogP contribution < -0.4 is 16.0 Å². The third kappa shape index (κ3) is 5.46. The molecule has 2 fully saturated rings. The van der Waals surface area contributed by atoms with Gasteiger partial charge in [-0.2, -0.15) is 0 Å². The molecule has 0 aromatic heterocycles. The van der Waals surface area contributed by atoms with Crippen molar-refractivity contribution in [3.63, 3.8) is 0 Å². The van der Waals surface area contributed by atoms with Crippen LogP contribution in [-0.2, 0) is 13.0 Å². The molecule has 2 aliphatic heterocycles. The van der Waals surface area contributed by atoms with Gasteiger partial charge < -0.3 is 21.1 Å². The molecular weight excluding hydrogens is 472 g/mol. The summed E-state index contributed by atoms with van der Waals surface area (Å²) >= 11 is 0. The minimum absolute atomic E-state index is 0.184. The second kappa shape index (κ2) is 11.0. The Morgan fingerprint density at radius 1 is 1.00 bits per heavy atom. The highest BCUT2D eigenvalue weighted by Gasteiger charge is 2.40. The molecule has 0 saturated carbocycles. The van der Waals surface area contributed by atoms with Crippen molar-refractivity contribution < 1.29 is 9.90 Å². The van der Waals surface area contributed by atoms with E-state index in [9.17, 15) is 9.90 Å². The number of fused-ring (bicyclic) bond motifs is 2. The lowest BCUT2D eigenvalue weighted by atomic mass is 9.96. The Labute approximate surface area is 225 Å². The first-order valence-electron chi connectivity index (χ1n) is 13.7. The summed E-state index contributed by atoms with van der Waals surface area (Å²) in [5, 5.41) is 22.0. The summed E-state index contributed by atoms with van der Waals surface area (Å²) in [6.45, 7) is 4.84. The van der Waals surface area contributed by atoms with E-state index in [1.165, 1.54) is 5.56 Å². The third-order valence-corrected chi connectivity index (χ3v) is 7.93. The van der Waals surface area contributed by atoms with Gasteiger partial charge in [0, 0.05) is 46.7 Å². The van der Waals surface area contributed by atoms with Crippen LogP contribution in [0.3, 0.4) is 0 Å². The molecule has 0 aliphatic carbocycles. The van der Waals surface area contributed by atoms with Gasteiger partial charge in [0.05, 0.1) is 11.8 Å². The van der Waals surface area contributed by atoms with Gasteiger partial charge >= 0.3 is 0 Å². The number of rotatable bonds is 8. The number of hydrogen-bond donors (Lipinski definition) is 4. The molecule has 5 N–H and O–H groups in total. The van der Waals surface area contributed by atoms with E-state index < -0.39 is 0 Å². The monoisotopic (exact) mass is 510 g/mol. The van der Waals surface area contributed by atoms with Gasteiger partial charge in [-0.3, -0.25) is 10.2 Å². The van der Waals surface area contributed by atoms with Crippen LogP contribution in [0.2, 0.25) is 0 Å². The summed E-state index contributed by atoms with van der Waals surface area (Å²) in [6.07, 6.45) is 4.65. The van der Waals surface area contributed by atoms with Crippen LogP contribution in [0.1, 0.15) is 72.1 Å². The predicted octanol–water partition coefficient (Wildman–Crippen LogP) is 5.31. The first-order valence-corrected chi connectivity index (χ1v) is 13.7. The zero-order valence-corrected chi connectivity index (χ0v) is 22.3. The van der Waals surface area contributed by atoms with E-state index in [-0.39, 0.29) is 12.0 Å². The van der Waals surface area contributed by atoms with Crippen LogP contribution in [0.4, 0.5) is 11.4 Å². The molecule has 2 heterocycles. The van der Waals surface area contributed by atoms with E-state index in [4.69, 9.17) is 11.1 Å². The quantitative estimate of drug-likeness (QED) is 0.244. The zero-order chi connectivity index (χ0) is 26.8. The number of nitrogens with zero attached hydrogens (tertiary/aromatic N) is 1. The number of amides is 1. The van der Waals surface area contributed by atoms with Crippen molar-refractivity contribution in [3.05, 3.63) is 94.5 Å². The summed E-state index contributed by atoms with van der Waals surface area (Å²) in [6, 6.07) is 22.2. The van der Waals surface area contributed by atoms with Gasteiger partial charge in [0.25, 0.3) is 5.91 Å². The number of carbonyl (C=O) groups excluding carboxylic acids is 1. The molecule has 3 aromatic rings. The van der Waals surface area contributed by atoms with Gasteiger partial charge in [-0.15, -0.1) is 0 Å². The first-order chi connectivity index (χ1) is 18.3. The van der Waals surface area contributed by atoms with E-state index in [0.717, 1.165) is 48.9 Å². The highest BCUT2D eigenvalue weighted by atomic mass is 16.3. The Morgan fingerprint density at radius 2 is 1.63 bits per heavy atom. The predicted molar refractivity (Wildman–Crippen MR) is 154 cm³/mol. The average Bonchev–Trinajstić information content (AvgIpc) is 3.18. The maximum absolute atomic E-state index is 13.0. The van der Waals surface area contributed by atoms with Crippen molar-refractivity contribution in [1.29, 1.82) is 5.41 Å². The van der Waals surface area contributed by atoms with E-state index >= 15 is 0 Å². The third-order valence-electron chi connectivity index (χ3n) is 7.93. The zero-order valence-electron chi connectivity index (χ0n) is 22.3. The number of aliphatic hydroxyl groups excluding tert-OH is 1. The number of piperidine rings is 1. The summed E-state index contributed by atoms with van der Waals surface area (Å²) in [5.74, 6) is 0.353. The number of hydrogen-bond acceptors (Lipinski definition) is 5. The van der Waals surface area contributed by atoms with Gasteiger partial charge in [0.1, 0.15) is 0 Å². The summed E-state index contributed by atoms with van der Waals surface area (Å²) < 4.78 is 0. The normalized spacial score (nSPS) is 20.5. The van der Waals surface area contributed by atoms with Crippen molar-refractivity contribution in [3.8, 4) is 0 Å². The molecule has 3 aromatic carbocycles. The molecule has 2 bridgehead atoms. The molecule has 5 rings (SSSR count). The summed E-state index contributed by atoms with van der Waals surface area (Å²) in [5.41, 5.74) is 12.3. The maximum Gasteiger partial charge on any atom is 0.251 e. The Balaban J connectivity index is 1.29. The lowest BCUT2D eigenvalue weighted by Gasteiger charge is -2.39. The number of aliphatic hydroxyl groups is 1. The van der Waals surface area contributed by atoms with Gasteiger partial charge in [0.15, 0.2) is 0 Å². The molecular formula is C32H38N4O2. The molecule has 6 nitrogen and oxygen atoms in total. The fourth-order valence-electron chi connectivity index (χ4n) is 6.09. The highest BCUT2D eigenvalue weighted by Crippen LogP contribution is 2.39. The first kappa shape index (κ1) is 26.0. The second-order valence-corrected chi connectivity index (χ2v) is 11.2. The van der Waals surface area contributed by atoms with Crippen LogP contribution in [0.5, 0.6) is 0 Å². The van der Waals surface area contributed by atoms with E-state index in [1.807, 2.05) is 24.3 Å². The largest absolute Gasteiger partial charge is 0.398 e. The van der Waals surface area contributed by atoms with Gasteiger partial charge in [-0.05, 0) is 79.5 Å². The SMILES string of the molecule is CC(C)Cc1ccccc1CNC(=O)c1ccc(N)c(C(=N)c2ccc(N3C4CCC3CC(O)C4)cc2)c1. The van der Waals surface area contributed by atoms with E-state index in [2.05, 4.69) is 48.3 Å². The number of carbonyl (C=O) groups is 1. The molecule has 0 radical (unpaired) electrons. The lowest BCUT2D eigenvalue weighted by molar-refractivity contribution is 0.0950. The van der Waals surface area contributed by atoms with Crippen molar-refractivity contribution in [2.45, 2.75) is 70.7 Å². The number of anilines is 2. The van der Waals surface area contributed by atoms with Crippen LogP contribution >= 0.6 is 0 Å². The van der Waals surface area contributed by atoms with Crippen LogP contribution in [-0.4, -0.2) is 34.9 Å². The van der Waals surface area contributed by atoms with Crippen LogP contribution in [0, 0.1) is 11.3 Å². The molecule has 38 heavy (non-hydrogen) atoms. The van der Waals surface area contributed by atoms with Crippen LogP contribution in [0.25, 0.3) is 0 Å². The second-order valence-electron chi connectivity index (χ2n) is 11.2. The number of nitrogens with one attached hydrogen (secondary N) is 2. The van der Waals surface area contributed by atoms with Crippen molar-refractivity contribution >= 4 is 23.0 Å². The summed E-state index contributed by atoms with van der Waals surface area (Å²) in [4.78, 5) is 15.5. The Kier molecular flexibility index (Phi) is 7.52. The maximum atomic E-state index is 13.0. The van der Waals surface area contributed by atoms with E-state index in [0.29, 0.717) is 47.1 Å². The molecule has 2 saturated heterocycles. The van der Waals surface area contributed by atoms with Crippen molar-refractivity contribution in [1.82, 2.24) is 5.32 Å². The number of nitrogen functional groups attached to an aromatic ring is 1. The molecule has 6 heteroatoms. The Hall–Kier alpha value is -3.64. The fourth-order valence-corrected chi connectivity index (χ4v) is 6.09. The van der Waals surface area contributed by atoms with Gasteiger partial charge in [-0.1, -0.05) is 50.2 Å². The lowest BCUT2D eigenvalue weighted by Crippen LogP contribution is -2.44. The van der Waals surface area contributed by atoms with E-state index in [1.54, 1.807) is 18.2 Å². The summed E-state index contributed by atoms with van der Waals surface area (Å²) in [7, 11) is 0. The number of nitrogens with two attached hydrogens (primary N) is 1. The molecule has 1 amide bonds. The van der Waals surface area contributed by atoms with Crippen LogP contribution in [0.15, 0.2) is 66.7 Å². The minimum atomic E-state index is -0.196. The fraction of sp³-hybridized carbons (Fsp3) is 0.375. The Morgan fingerprint density at radius 3 is 2.29 bits per heavy atom. The highest BCUT2D eigenvalue weighted by molar-refractivity contribution is 6.15. The standard InChI is InChI=1S/C32H38N4O2/c1-20(2)15-22-5-3-4-6-24(22)19-35-32(38)23-9-14-30(33)29(16-23)31(34)21-7-10-25(11-8-21)36-26-12-13-27(36)18-28(37)17-26/h3-11,14,16,20,26-28,34,37H,12-13,15,17-19,33H2,1-2H3,(H,35,38). The average molecular weight is 511 g/mol. The van der Waals surface area contributed by atoms with Crippen molar-refractivity contribution in [2.24, 2.45) is 5.92 Å². The smallest absolute Gasteiger partial charge is 0.251 e.